The Morgan fingerprint density at radius 1 is 1.24 bits per heavy atom. The number of methoxy groups -OCH3 is 1. The number of fused-ring (bicyclic) bond motifs is 1. The lowest BCUT2D eigenvalue weighted by atomic mass is 9.73. The van der Waals surface area contributed by atoms with Gasteiger partial charge in [0.2, 0.25) is 10.0 Å². The SMILES string of the molecule is COc1cccc(S(=O)(=O)N2CC[C@]3(CN(C)C)CN(C(=O)N(C)C)C[C@@H]3C2)c1. The number of rotatable bonds is 5. The molecule has 3 rings (SSSR count). The standard InChI is InChI=1S/C20H32N4O4S/c1-21(2)14-20-9-10-24(13-16(20)12-23(15-20)19(25)22(3)4)29(26,27)18-8-6-7-17(11-18)28-5/h6-8,11,16H,9-10,12-15H2,1-5H3/t16-,20+/m1/s1. The smallest absolute Gasteiger partial charge is 0.319 e. The largest absolute Gasteiger partial charge is 0.497 e. The molecule has 8 nitrogen and oxygen atoms in total. The zero-order valence-electron chi connectivity index (χ0n) is 18.0. The number of carbonyl (C=O) groups excluding carboxylic acids is 1. The second-order valence-corrected chi connectivity index (χ2v) is 10.6. The van der Waals surface area contributed by atoms with E-state index in [1.54, 1.807) is 47.6 Å². The van der Waals surface area contributed by atoms with Crippen LogP contribution in [0.3, 0.4) is 0 Å². The molecular formula is C20H32N4O4S. The Morgan fingerprint density at radius 2 is 1.97 bits per heavy atom. The molecule has 1 aromatic rings. The van der Waals surface area contributed by atoms with Crippen molar-refractivity contribution < 1.29 is 17.9 Å². The third kappa shape index (κ3) is 4.22. The number of ether oxygens (including phenoxy) is 1. The monoisotopic (exact) mass is 424 g/mol. The number of likely N-dealkylation sites (tertiary alicyclic amines) is 1. The molecule has 0 bridgehead atoms. The van der Waals surface area contributed by atoms with Gasteiger partial charge in [-0.15, -0.1) is 0 Å². The molecule has 2 aliphatic heterocycles. The number of benzene rings is 1. The maximum Gasteiger partial charge on any atom is 0.319 e. The highest BCUT2D eigenvalue weighted by molar-refractivity contribution is 7.89. The minimum absolute atomic E-state index is 0.0141. The highest BCUT2D eigenvalue weighted by Gasteiger charge is 2.52. The van der Waals surface area contributed by atoms with E-state index >= 15 is 0 Å². The number of nitrogens with zero attached hydrogens (tertiary/aromatic N) is 4. The molecule has 0 spiro atoms. The lowest BCUT2D eigenvalue weighted by molar-refractivity contribution is 0.0814. The van der Waals surface area contributed by atoms with Gasteiger partial charge >= 0.3 is 6.03 Å². The molecule has 2 saturated heterocycles. The molecule has 0 aromatic heterocycles. The van der Waals surface area contributed by atoms with E-state index in [2.05, 4.69) is 4.90 Å². The van der Waals surface area contributed by atoms with Gasteiger partial charge in [-0.25, -0.2) is 13.2 Å². The summed E-state index contributed by atoms with van der Waals surface area (Å²) >= 11 is 0. The summed E-state index contributed by atoms with van der Waals surface area (Å²) in [6.07, 6.45) is 0.732. The predicted octanol–water partition coefficient (Wildman–Crippen LogP) is 1.25. The molecule has 1 aromatic carbocycles. The van der Waals surface area contributed by atoms with Gasteiger partial charge in [0.25, 0.3) is 0 Å². The average molecular weight is 425 g/mol. The Balaban J connectivity index is 1.86. The van der Waals surface area contributed by atoms with Crippen molar-refractivity contribution >= 4 is 16.1 Å². The Kier molecular flexibility index (Phi) is 6.12. The van der Waals surface area contributed by atoms with Crippen molar-refractivity contribution in [2.24, 2.45) is 11.3 Å². The first-order valence-electron chi connectivity index (χ1n) is 9.84. The Bertz CT molecular complexity index is 858. The highest BCUT2D eigenvalue weighted by Crippen LogP contribution is 2.44. The lowest BCUT2D eigenvalue weighted by Gasteiger charge is -2.44. The fraction of sp³-hybridized carbons (Fsp3) is 0.650. The number of sulfonamides is 1. The van der Waals surface area contributed by atoms with Gasteiger partial charge in [-0.2, -0.15) is 4.31 Å². The summed E-state index contributed by atoms with van der Waals surface area (Å²) in [5.41, 5.74) is -0.0877. The maximum absolute atomic E-state index is 13.3. The number of hydrogen-bond acceptors (Lipinski definition) is 5. The Morgan fingerprint density at radius 3 is 2.59 bits per heavy atom. The fourth-order valence-electron chi connectivity index (χ4n) is 4.70. The van der Waals surface area contributed by atoms with Crippen LogP contribution in [0.2, 0.25) is 0 Å². The minimum Gasteiger partial charge on any atom is -0.497 e. The highest BCUT2D eigenvalue weighted by atomic mass is 32.2. The van der Waals surface area contributed by atoms with E-state index in [1.165, 1.54) is 7.11 Å². The quantitative estimate of drug-likeness (QED) is 0.711. The summed E-state index contributed by atoms with van der Waals surface area (Å²) in [5, 5.41) is 0. The topological polar surface area (TPSA) is 73.4 Å². The third-order valence-electron chi connectivity index (χ3n) is 6.06. The summed E-state index contributed by atoms with van der Waals surface area (Å²) in [7, 11) is 5.47. The zero-order valence-corrected chi connectivity index (χ0v) is 18.8. The molecular weight excluding hydrogens is 392 g/mol. The second kappa shape index (κ2) is 8.12. The molecule has 0 radical (unpaired) electrons. The van der Waals surface area contributed by atoms with Gasteiger partial charge in [-0.1, -0.05) is 6.07 Å². The summed E-state index contributed by atoms with van der Waals surface area (Å²) in [6.45, 7) is 2.95. The van der Waals surface area contributed by atoms with Crippen LogP contribution in [0, 0.1) is 11.3 Å². The van der Waals surface area contributed by atoms with Crippen molar-refractivity contribution in [2.75, 3.05) is 68.0 Å². The molecule has 162 valence electrons. The van der Waals surface area contributed by atoms with Crippen LogP contribution in [0.1, 0.15) is 6.42 Å². The molecule has 0 aliphatic carbocycles. The van der Waals surface area contributed by atoms with E-state index in [1.807, 2.05) is 19.0 Å². The van der Waals surface area contributed by atoms with Crippen LogP contribution < -0.4 is 4.74 Å². The van der Waals surface area contributed by atoms with Crippen molar-refractivity contribution in [3.63, 3.8) is 0 Å². The lowest BCUT2D eigenvalue weighted by Crippen LogP contribution is -2.52. The fourth-order valence-corrected chi connectivity index (χ4v) is 6.22. The van der Waals surface area contributed by atoms with Crippen molar-refractivity contribution in [3.8, 4) is 5.75 Å². The first-order valence-corrected chi connectivity index (χ1v) is 11.3. The Labute approximate surface area is 174 Å². The van der Waals surface area contributed by atoms with Crippen molar-refractivity contribution in [2.45, 2.75) is 11.3 Å². The first kappa shape index (κ1) is 21.9. The van der Waals surface area contributed by atoms with Crippen molar-refractivity contribution in [1.29, 1.82) is 0 Å². The van der Waals surface area contributed by atoms with Gasteiger partial charge < -0.3 is 19.4 Å². The second-order valence-electron chi connectivity index (χ2n) is 8.65. The van der Waals surface area contributed by atoms with Crippen LogP contribution in [-0.4, -0.2) is 101 Å². The van der Waals surface area contributed by atoms with E-state index < -0.39 is 10.0 Å². The first-order chi connectivity index (χ1) is 13.6. The van der Waals surface area contributed by atoms with E-state index in [0.29, 0.717) is 31.9 Å². The molecule has 2 atom stereocenters. The van der Waals surface area contributed by atoms with Gasteiger partial charge in [-0.05, 0) is 38.6 Å². The van der Waals surface area contributed by atoms with Gasteiger partial charge in [0, 0.05) is 58.3 Å². The molecule has 9 heteroatoms. The van der Waals surface area contributed by atoms with E-state index in [-0.39, 0.29) is 22.3 Å². The summed E-state index contributed by atoms with van der Waals surface area (Å²) in [6, 6.07) is 6.58. The molecule has 2 fully saturated rings. The van der Waals surface area contributed by atoms with Gasteiger partial charge in [0.15, 0.2) is 0 Å². The third-order valence-corrected chi connectivity index (χ3v) is 7.92. The summed E-state index contributed by atoms with van der Waals surface area (Å²) < 4.78 is 33.3. The number of urea groups is 1. The zero-order chi connectivity index (χ0) is 21.4. The molecule has 0 saturated carbocycles. The Hall–Kier alpha value is -1.84. The van der Waals surface area contributed by atoms with Gasteiger partial charge in [-0.3, -0.25) is 0 Å². The van der Waals surface area contributed by atoms with Gasteiger partial charge in [0.1, 0.15) is 5.75 Å². The molecule has 0 unspecified atom stereocenters. The van der Waals surface area contributed by atoms with Crippen LogP contribution in [0.4, 0.5) is 4.79 Å². The van der Waals surface area contributed by atoms with E-state index in [9.17, 15) is 13.2 Å². The molecule has 29 heavy (non-hydrogen) atoms. The van der Waals surface area contributed by atoms with Crippen LogP contribution in [0.15, 0.2) is 29.2 Å². The van der Waals surface area contributed by atoms with Crippen LogP contribution in [0.25, 0.3) is 0 Å². The van der Waals surface area contributed by atoms with E-state index in [0.717, 1.165) is 13.0 Å². The van der Waals surface area contributed by atoms with Gasteiger partial charge in [0.05, 0.1) is 12.0 Å². The number of piperidine rings is 1. The number of carbonyl (C=O) groups is 1. The number of amides is 2. The minimum atomic E-state index is -3.62. The van der Waals surface area contributed by atoms with E-state index in [4.69, 9.17) is 4.74 Å². The van der Waals surface area contributed by atoms with Crippen LogP contribution in [0.5, 0.6) is 5.75 Å². The van der Waals surface area contributed by atoms with Crippen LogP contribution >= 0.6 is 0 Å². The number of hydrogen-bond donors (Lipinski definition) is 0. The molecule has 2 aliphatic rings. The van der Waals surface area contributed by atoms with Crippen LogP contribution in [-0.2, 0) is 10.0 Å². The maximum atomic E-state index is 13.3. The van der Waals surface area contributed by atoms with Crippen molar-refractivity contribution in [1.82, 2.24) is 19.0 Å². The summed E-state index contributed by atoms with van der Waals surface area (Å²) in [4.78, 5) is 18.4. The average Bonchev–Trinajstić information content (AvgIpc) is 3.04. The summed E-state index contributed by atoms with van der Waals surface area (Å²) in [5.74, 6) is 0.622. The van der Waals surface area contributed by atoms with Crippen molar-refractivity contribution in [3.05, 3.63) is 24.3 Å². The molecule has 2 heterocycles. The molecule has 2 amide bonds. The molecule has 0 N–H and O–H groups in total. The predicted molar refractivity (Wildman–Crippen MR) is 112 cm³/mol. The normalized spacial score (nSPS) is 25.2.